The fraction of sp³-hybridized carbons (Fsp3) is 0.495. The fourth-order valence-corrected chi connectivity index (χ4v) is 20.2. The number of carbonyl (C=O) groups is 17. The molecule has 0 radical (unpaired) electrons. The Morgan fingerprint density at radius 1 is 0.482 bits per heavy atom. The van der Waals surface area contributed by atoms with Crippen LogP contribution in [0.25, 0.3) is 21.8 Å². The smallest absolute Gasteiger partial charge is 0.305 e. The van der Waals surface area contributed by atoms with E-state index in [1.54, 1.807) is 134 Å². The van der Waals surface area contributed by atoms with Crippen molar-refractivity contribution in [1.29, 1.82) is 0 Å². The summed E-state index contributed by atoms with van der Waals surface area (Å²) in [7, 11) is 0. The third kappa shape index (κ3) is 28.7. The van der Waals surface area contributed by atoms with Gasteiger partial charge in [-0.25, -0.2) is 0 Å². The molecular formula is C95H120N20O19S3. The van der Waals surface area contributed by atoms with Crippen LogP contribution in [0.2, 0.25) is 0 Å². The molecule has 137 heavy (non-hydrogen) atoms. The largest absolute Gasteiger partial charge is 0.481 e. The van der Waals surface area contributed by atoms with Crippen molar-refractivity contribution in [2.45, 2.75) is 224 Å². The van der Waals surface area contributed by atoms with Gasteiger partial charge >= 0.3 is 5.97 Å². The lowest BCUT2D eigenvalue weighted by atomic mass is 9.85. The summed E-state index contributed by atoms with van der Waals surface area (Å²) in [5, 5.41) is 47.3. The predicted octanol–water partition coefficient (Wildman–Crippen LogP) is 1.92. The maximum Gasteiger partial charge on any atom is 0.305 e. The number of thioether (sulfide) groups is 3. The summed E-state index contributed by atoms with van der Waals surface area (Å²) < 4.78 is 0. The third-order valence-electron chi connectivity index (χ3n) is 24.8. The number of ketones is 2. The molecular weight excluding hydrogens is 1820 g/mol. The maximum atomic E-state index is 15.7. The van der Waals surface area contributed by atoms with E-state index < -0.39 is 210 Å². The van der Waals surface area contributed by atoms with Gasteiger partial charge in [0.2, 0.25) is 82.7 Å². The van der Waals surface area contributed by atoms with Crippen molar-refractivity contribution in [2.75, 3.05) is 47.6 Å². The molecule has 2 aromatic carbocycles. The Kier molecular flexibility index (Phi) is 36.8. The van der Waals surface area contributed by atoms with Crippen molar-refractivity contribution < 1.29 is 91.7 Å². The second-order valence-corrected chi connectivity index (χ2v) is 39.4. The van der Waals surface area contributed by atoms with E-state index in [1.165, 1.54) is 47.2 Å². The average Bonchev–Trinajstić information content (AvgIpc) is 1.69. The molecule has 39 nitrogen and oxygen atoms in total. The molecule has 12 bridgehead atoms. The first-order chi connectivity index (χ1) is 65.6. The lowest BCUT2D eigenvalue weighted by Crippen LogP contribution is -2.61. The average molecular weight is 1940 g/mol. The Hall–Kier alpha value is -12.7. The van der Waals surface area contributed by atoms with Gasteiger partial charge in [0, 0.05) is 126 Å². The number of aliphatic hydroxyl groups is 1. The summed E-state index contributed by atoms with van der Waals surface area (Å²) in [6.45, 7) is 6.37. The summed E-state index contributed by atoms with van der Waals surface area (Å²) in [5.74, 6) is -18.3. The Balaban J connectivity index is 0.920. The number of aromatic nitrogens is 5. The standard InChI is InChI=1S/C95H120N20O19S3/c1-52(2)83-94(133)106-71(39-82(123)124)89(128)100-42-78(119)104-69(35-56-40-98-67-24-8-6-22-65(56)67)90(129)110-84(53(3)4)95(134)115-31-14-26-74(115)93(132)107-72(86(97)125)50-136-33-29-80(121)113-45-61-18-11-16-59(101-61)43-112-44-60-17-12-20-63(102-60)47-114(48-64-21-13-19-62(46-113)103-64)81(122)30-34-137-51-73(92(131)105-70(91(130)109-83)36-57-41-99-68-25-9-7-23-66(57)68)108-87(126)55-15-10-27-75(116)85(77(118)37-55)111-88(127)58(38-76(117)54(5)96)49-135-32-28-79(112)120/h6-9,11-13,16-25,40-41,52-55,58,69-75,83-85,98-99,116H,10,14-15,26-39,42-51,96H2,1-5H3,(H2,97,125)(H,100,128)(H,104,119)(H,105,131)(H,106,133)(H,107,132)(H,108,126)(H,109,130)(H,110,129)(H,111,127)(H,123,124)/t54-,55+,58-,69-,70-,71-,72-,73-,74-,75+,83-,84-,85-/m0/s1. The zero-order valence-electron chi connectivity index (χ0n) is 77.1. The van der Waals surface area contributed by atoms with E-state index in [0.29, 0.717) is 73.5 Å². The highest BCUT2D eigenvalue weighted by Crippen LogP contribution is 2.30. The summed E-state index contributed by atoms with van der Waals surface area (Å²) in [6.07, 6.45) is -0.735. The van der Waals surface area contributed by atoms with Gasteiger partial charge in [0.05, 0.1) is 104 Å². The van der Waals surface area contributed by atoms with Crippen LogP contribution in [0.3, 0.4) is 0 Å². The van der Waals surface area contributed by atoms with E-state index in [2.05, 4.69) is 57.8 Å². The van der Waals surface area contributed by atoms with Crippen molar-refractivity contribution in [3.05, 3.63) is 161 Å². The second-order valence-electron chi connectivity index (χ2n) is 36.0. The molecule has 14 amide bonds. The molecule has 0 spiro atoms. The minimum absolute atomic E-state index is 0.0101. The van der Waals surface area contributed by atoms with Crippen LogP contribution < -0.4 is 59.3 Å². The number of hydrogen-bond donors (Lipinski definition) is 15. The van der Waals surface area contributed by atoms with Crippen LogP contribution >= 0.6 is 35.3 Å². The number of aliphatic carboxylic acids is 1. The minimum atomic E-state index is -1.94. The number of hydrogen-bond acceptors (Lipinski definition) is 25. The monoisotopic (exact) mass is 1940 g/mol. The molecule has 0 unspecified atom stereocenters. The Morgan fingerprint density at radius 3 is 1.46 bits per heavy atom. The molecule has 17 N–H and O–H groups in total. The fourth-order valence-electron chi connectivity index (χ4n) is 17.2. The normalized spacial score (nSPS) is 24.7. The lowest BCUT2D eigenvalue weighted by Gasteiger charge is -2.32. The number of carbonyl (C=O) groups excluding carboxylic acids is 16. The number of primary amides is 1. The van der Waals surface area contributed by atoms with Crippen LogP contribution in [0.1, 0.15) is 151 Å². The van der Waals surface area contributed by atoms with Gasteiger partial charge in [-0.05, 0) is 111 Å². The number of carboxylic acids is 1. The number of carboxylic acid groups (broad SMARTS) is 1. The van der Waals surface area contributed by atoms with Crippen molar-refractivity contribution in [1.82, 2.24) is 92.4 Å². The van der Waals surface area contributed by atoms with Crippen molar-refractivity contribution in [3.63, 3.8) is 0 Å². The number of aromatic amines is 2. The quantitative estimate of drug-likeness (QED) is 0.0831. The molecule has 13 atom stereocenters. The van der Waals surface area contributed by atoms with E-state index in [9.17, 15) is 63.0 Å². The molecule has 7 aromatic rings. The van der Waals surface area contributed by atoms with Crippen molar-refractivity contribution in [2.24, 2.45) is 35.1 Å². The Labute approximate surface area is 804 Å². The zero-order chi connectivity index (χ0) is 98.3. The van der Waals surface area contributed by atoms with Crippen LogP contribution in [0.5, 0.6) is 0 Å². The minimum Gasteiger partial charge on any atom is -0.481 e. The third-order valence-corrected chi connectivity index (χ3v) is 28.0. The van der Waals surface area contributed by atoms with E-state index in [0.717, 1.165) is 23.5 Å². The van der Waals surface area contributed by atoms with Gasteiger partial charge in [0.15, 0.2) is 5.78 Å². The van der Waals surface area contributed by atoms with E-state index >= 15 is 28.8 Å². The lowest BCUT2D eigenvalue weighted by molar-refractivity contribution is -0.143. The van der Waals surface area contributed by atoms with Gasteiger partial charge in [0.25, 0.3) is 0 Å². The van der Waals surface area contributed by atoms with Crippen molar-refractivity contribution in [3.8, 4) is 0 Å². The molecule has 5 aromatic heterocycles. The predicted molar refractivity (Wildman–Crippen MR) is 509 cm³/mol. The number of benzene rings is 2. The van der Waals surface area contributed by atoms with Gasteiger partial charge < -0.3 is 99.1 Å². The number of Topliss-reactive ketones (excluding diaryl/α,β-unsaturated/α-hetero) is 2. The number of fused-ring (bicyclic) bond motifs is 15. The number of pyridine rings is 3. The van der Waals surface area contributed by atoms with E-state index in [4.69, 9.17) is 26.4 Å². The van der Waals surface area contributed by atoms with Gasteiger partial charge in [-0.1, -0.05) is 82.3 Å². The zero-order valence-corrected chi connectivity index (χ0v) is 79.5. The topological polar surface area (TPSA) is 574 Å². The molecule has 4 aliphatic heterocycles. The Bertz CT molecular complexity index is 5620. The van der Waals surface area contributed by atoms with Crippen LogP contribution in [-0.2, 0) is 134 Å². The second kappa shape index (κ2) is 48.9. The number of nitrogens with zero attached hydrogens (tertiary/aromatic N) is 7. The van der Waals surface area contributed by atoms with Crippen LogP contribution in [0, 0.1) is 23.7 Å². The van der Waals surface area contributed by atoms with E-state index in [1.807, 2.05) is 0 Å². The molecule has 2 fully saturated rings. The first-order valence-electron chi connectivity index (χ1n) is 46.1. The Morgan fingerprint density at radius 2 is 0.964 bits per heavy atom. The van der Waals surface area contributed by atoms with E-state index in [-0.39, 0.29) is 144 Å². The van der Waals surface area contributed by atoms with Gasteiger partial charge in [-0.15, -0.1) is 0 Å². The summed E-state index contributed by atoms with van der Waals surface area (Å²) in [4.78, 5) is 276. The molecule has 42 heteroatoms. The number of nitrogens with two attached hydrogens (primary N) is 2. The first-order valence-corrected chi connectivity index (χ1v) is 49.6. The van der Waals surface area contributed by atoms with Crippen LogP contribution in [0.15, 0.2) is 116 Å². The van der Waals surface area contributed by atoms with Crippen molar-refractivity contribution >= 4 is 157 Å². The SMILES string of the molecule is CC(C)[C@@H]1NC(=O)[C@H](Cc2c[nH]c3ccccc23)NC(=O)[C@@H]2CSCCC(=O)N3Cc4cccc(n4)CN(Cc4cccc(n4)CN(Cc4cccc(n4)C3)C(=O)CCSC[C@@H](C(N)=O)NC(=O)[C@@H]3CCCN3C(=O)[C@H](C(C)C)NC(=O)[C@H](Cc3c[nH]c4ccccc34)NC(=O)CNC(=O)[C@H](CC(=O)O)NC1=O)C(=O)CCSC[C@H](CC(=O)[C@H](C)N)C(=O)N[C@@H]1C(=O)C[C@@H](CCC[C@H]1O)C(=O)N2. The highest BCUT2D eigenvalue weighted by molar-refractivity contribution is 7.99. The molecule has 1 saturated heterocycles. The summed E-state index contributed by atoms with van der Waals surface area (Å²) in [5.41, 5.74) is 16.9. The molecule has 9 heterocycles. The molecule has 1 saturated carbocycles. The molecule has 732 valence electrons. The number of amides is 14. The number of nitrogens with one attached hydrogen (secondary N) is 11. The molecule has 5 aliphatic rings. The first kappa shape index (κ1) is 103. The number of rotatable bonds is 12. The highest BCUT2D eigenvalue weighted by atomic mass is 32.2. The van der Waals surface area contributed by atoms with Crippen LogP contribution in [0.4, 0.5) is 0 Å². The summed E-state index contributed by atoms with van der Waals surface area (Å²) >= 11 is 3.38. The maximum absolute atomic E-state index is 15.7. The van der Waals surface area contributed by atoms with Gasteiger partial charge in [0.1, 0.15) is 60.2 Å². The number of H-pyrrole nitrogens is 2. The van der Waals surface area contributed by atoms with Gasteiger partial charge in [-0.2, -0.15) is 35.3 Å². The summed E-state index contributed by atoms with van der Waals surface area (Å²) in [6, 6.07) is 15.0. The van der Waals surface area contributed by atoms with Gasteiger partial charge in [-0.3, -0.25) is 96.5 Å². The number of para-hydroxylation sites is 2. The van der Waals surface area contributed by atoms with Crippen LogP contribution in [-0.4, -0.2) is 269 Å². The molecule has 12 rings (SSSR count). The number of aliphatic hydroxyl groups excluding tert-OH is 1. The highest BCUT2D eigenvalue weighted by Gasteiger charge is 2.44. The molecule has 1 aliphatic carbocycles.